The van der Waals surface area contributed by atoms with Crippen LogP contribution < -0.4 is 28.3 Å². The first-order valence-corrected chi connectivity index (χ1v) is 52.6. The van der Waals surface area contributed by atoms with Gasteiger partial charge in [0.2, 0.25) is 0 Å². The summed E-state index contributed by atoms with van der Waals surface area (Å²) in [6.07, 6.45) is -26.0. The number of aromatic nitrogens is 19. The molecule has 10 aliphatic heterocycles. The van der Waals surface area contributed by atoms with Crippen molar-refractivity contribution < 1.29 is 167 Å². The number of ether oxygens (including phenoxy) is 6. The van der Waals surface area contributed by atoms with Gasteiger partial charge in [-0.05, 0) is 23.6 Å². The molecule has 0 aliphatic carbocycles. The number of imidazole rings is 3. The molecule has 0 amide bonds. The van der Waals surface area contributed by atoms with Crippen LogP contribution in [-0.4, -0.2) is 293 Å². The van der Waals surface area contributed by atoms with Crippen LogP contribution in [0.1, 0.15) is 54.1 Å². The van der Waals surface area contributed by atoms with Crippen molar-refractivity contribution in [2.45, 2.75) is 154 Å². The number of nitrogens with zero attached hydrogens (tertiary/aromatic N) is 20. The maximum absolute atomic E-state index is 16.0. The number of aryl methyl sites for hydroxylation is 2. The molecule has 0 aromatic carbocycles. The Kier molecular flexibility index (Phi) is 26.5. The van der Waals surface area contributed by atoms with E-state index in [0.29, 0.717) is 0 Å². The number of ketones is 1. The monoisotopic (exact) mass is 2130 g/mol. The lowest BCUT2D eigenvalue weighted by Crippen LogP contribution is -2.35. The number of phosphoric ester groups is 3. The Bertz CT molecular complexity index is 6820. The van der Waals surface area contributed by atoms with Crippen molar-refractivity contribution in [3.05, 3.63) is 112 Å². The summed E-state index contributed by atoms with van der Waals surface area (Å²) in [6, 6.07) is 0. The van der Waals surface area contributed by atoms with Gasteiger partial charge < -0.3 is 117 Å². The van der Waals surface area contributed by atoms with Crippen molar-refractivity contribution in [1.29, 1.82) is 0 Å². The molecule has 21 heterocycles. The molecule has 21 rings (SSSR count). The van der Waals surface area contributed by atoms with Gasteiger partial charge in [-0.1, -0.05) is 23.8 Å². The summed E-state index contributed by atoms with van der Waals surface area (Å²) >= 11 is 20.7. The second-order valence-electron chi connectivity index (χ2n) is 31.5. The van der Waals surface area contributed by atoms with Crippen LogP contribution in [0.5, 0.6) is 0 Å². The fourth-order valence-electron chi connectivity index (χ4n) is 16.5. The van der Waals surface area contributed by atoms with E-state index in [-0.39, 0.29) is 90.8 Å². The number of rotatable bonds is 6. The summed E-state index contributed by atoms with van der Waals surface area (Å²) in [5.74, 6) is -2.13. The minimum atomic E-state index is -5.21. The molecule has 137 heavy (non-hydrogen) atoms. The molecule has 71 heteroatoms. The number of aliphatic hydroxyl groups is 3. The average Bonchev–Trinajstić information content (AvgIpc) is 1.74. The van der Waals surface area contributed by atoms with Crippen LogP contribution in [-0.2, 0) is 139 Å². The number of carbonyl (C=O) groups is 1. The van der Waals surface area contributed by atoms with Gasteiger partial charge in [0, 0.05) is 45.3 Å². The Morgan fingerprint density at radius 2 is 0.759 bits per heavy atom. The number of fused-ring (bicyclic) bond motifs is 15. The molecule has 10 aliphatic rings. The summed E-state index contributed by atoms with van der Waals surface area (Å²) in [6.45, 7) is -17.6. The average molecular weight is 2130 g/mol. The zero-order valence-corrected chi connectivity index (χ0v) is 77.6. The van der Waals surface area contributed by atoms with Crippen molar-refractivity contribution in [3.8, 4) is 0 Å². The highest BCUT2D eigenvalue weighted by Gasteiger charge is 2.60. The van der Waals surface area contributed by atoms with Crippen LogP contribution in [0.25, 0.3) is 55.6 Å². The van der Waals surface area contributed by atoms with E-state index in [9.17, 15) is 81.2 Å². The molecule has 11 aromatic rings. The van der Waals surface area contributed by atoms with Gasteiger partial charge in [-0.15, -0.1) is 0 Å². The van der Waals surface area contributed by atoms with Crippen LogP contribution in [0.4, 0.5) is 45.2 Å². The van der Waals surface area contributed by atoms with Crippen molar-refractivity contribution in [3.63, 3.8) is 0 Å². The Morgan fingerprint density at radius 1 is 0.423 bits per heavy atom. The SMILES string of the molecule is Cn1cnc2c(c(F)cn2[C@@H]2O[C@@H]3COP(=O)(O)O[C@H]4[C@@H](F)[C@H](n5cnc6c(N)ncnc65)O[C@@H]4COP(=O)(O)O[C@@H]2[C@@H]3O)c1=O.Cn1cnc2c(c(F)cn2[C@@H]2O[C@@H]3COP(O)(=S)O[C@H]4[C@@H](F)[C@H](n5cnc6c(N)ncnc65)O[C@@H]4COP(=O)(O)O[C@@H]2[C@@H]3O)c1=O.Nc1ncnc2c1ncn2[C@@H]1O[C@@H]2COP(=O)(S)O[C@@H]3[C@H](O)[C@@H](COP(O)(=S)O[C@H]2[C@H]1F)O[C@H]3n1cc(Cl)c2c1N=CCC2=O. The first kappa shape index (κ1) is 97.8. The number of hydrogen-bond donors (Lipinski definition) is 12. The van der Waals surface area contributed by atoms with Crippen molar-refractivity contribution >= 4 is 182 Å². The summed E-state index contributed by atoms with van der Waals surface area (Å²) < 4.78 is 238. The minimum absolute atomic E-state index is 0.0165. The number of aliphatic hydroxyl groups excluding tert-OH is 3. The standard InChI is InChI=1S/C22H23ClFN7O10P2S2.C22H24F2N8O12P2.C22H24F2N8O11P2S/c23-8-3-30(19-12(8)9(32)1-2-26-19)22-17-15(33)10(38-22)4-36-42(34,44)40-16-11(5-37-43(35,45)41-17)39-21(13(16)24)31-7-29-14-18(25)27-6-28-20(14)31;1-30-6-29-18-11(20(30)34)8(23)2-31(18)22-16-14(33)9(41-22)3-39-45(35,36)43-15-10(4-40-46(37,38)44-16)42-21(12(15)24)32-7-28-13-17(25)26-5-27-19(13)32;1-30-6-29-18-11(20(30)34)8(23)2-31(18)22-16-14(33)9(40-22)3-39-45(37,46)43-15-10(4-38-44(35,36)42-16)41-21(12(15)24)32-7-28-13-17(25)26-5-27-19(13)32/h2-3,6-7,10-11,13,15-17,21-22,33H,1,4-5H2,(H,34,44)(H,35,45)(H2,25,27,28);2,5-7,9-10,12,14-16,21-22,33H,3-4H2,1H3,(H,35,36)(H,37,38)(H2,25,26,27);2,5-7,9-10,12,14-16,21-22,33H,3-4H2,1H3,(H,35,36)(H,37,46)(H2,25,26,27)/t10-,11-,13-,15-,16-,17-,21-,22-,42?,43?;9-,10-,12-,14-,15-,16-,21-,22-;9-,10-,12-,14-,15-,16-,21-,22-,45?/m111/s1. The highest BCUT2D eigenvalue weighted by Crippen LogP contribution is 2.62. The molecule has 9 fully saturated rings. The maximum Gasteiger partial charge on any atom is 0.472 e. The van der Waals surface area contributed by atoms with E-state index in [1.54, 1.807) is 0 Å². The number of hydrogen-bond acceptors (Lipinski definition) is 45. The predicted octanol–water partition coefficient (Wildman–Crippen LogP) is 2.15. The molecule has 0 radical (unpaired) electrons. The number of aliphatic imine (C=N–C) groups is 1. The van der Waals surface area contributed by atoms with E-state index in [0.717, 1.165) is 66.9 Å². The zero-order chi connectivity index (χ0) is 97.2. The van der Waals surface area contributed by atoms with Crippen LogP contribution in [0.15, 0.2) is 83.8 Å². The Labute approximate surface area is 778 Å². The maximum atomic E-state index is 16.0. The highest BCUT2D eigenvalue weighted by molar-refractivity contribution is 8.44. The number of phosphoric acid groups is 3. The molecule has 30 atom stereocenters. The number of Topliss-reactive ketones (excluding diaryl/α,β-unsaturated/α-hetero) is 1. The molecular formula is C66H71ClF5N23O33P6S3. The lowest BCUT2D eigenvalue weighted by Gasteiger charge is -2.27. The van der Waals surface area contributed by atoms with E-state index in [1.165, 1.54) is 59.2 Å². The van der Waals surface area contributed by atoms with Gasteiger partial charge in [0.05, 0.1) is 81.9 Å². The molecule has 14 N–H and O–H groups in total. The van der Waals surface area contributed by atoms with Crippen molar-refractivity contribution in [2.75, 3.05) is 56.8 Å². The number of thiol groups is 1. The normalized spacial score (nSPS) is 37.7. The van der Waals surface area contributed by atoms with Crippen LogP contribution in [0.3, 0.4) is 0 Å². The van der Waals surface area contributed by atoms with Gasteiger partial charge in [-0.2, -0.15) is 0 Å². The first-order chi connectivity index (χ1) is 64.8. The van der Waals surface area contributed by atoms with Gasteiger partial charge in [-0.3, -0.25) is 73.3 Å². The number of nitrogens with two attached hydrogens (primary N) is 3. The van der Waals surface area contributed by atoms with Crippen LogP contribution >= 0.6 is 67.6 Å². The Balaban J connectivity index is 0.000000132. The van der Waals surface area contributed by atoms with Gasteiger partial charge in [0.1, 0.15) is 144 Å². The summed E-state index contributed by atoms with van der Waals surface area (Å²) in [4.78, 5) is 140. The first-order valence-electron chi connectivity index (χ1n) is 39.8. The fraction of sp³-hybridized carbons (Fsp3) is 0.500. The minimum Gasteiger partial charge on any atom is -0.387 e. The van der Waals surface area contributed by atoms with Gasteiger partial charge in [0.15, 0.2) is 119 Å². The number of anilines is 3. The predicted molar refractivity (Wildman–Crippen MR) is 456 cm³/mol. The second kappa shape index (κ2) is 37.1. The molecule has 9 saturated heterocycles. The zero-order valence-electron chi connectivity index (χ0n) is 68.9. The number of halogens is 6. The lowest BCUT2D eigenvalue weighted by molar-refractivity contribution is -0.0670. The van der Waals surface area contributed by atoms with Crippen LogP contribution in [0, 0.1) is 11.6 Å². The van der Waals surface area contributed by atoms with E-state index in [4.69, 9.17) is 135 Å². The third kappa shape index (κ3) is 18.5. The molecule has 6 bridgehead atoms. The summed E-state index contributed by atoms with van der Waals surface area (Å²) in [7, 11) is -12.9. The van der Waals surface area contributed by atoms with E-state index < -0.39 is 264 Å². The number of nitrogen functional groups attached to an aromatic ring is 3. The quantitative estimate of drug-likeness (QED) is 0.0644. The molecular weight excluding hydrogens is 2060 g/mol. The smallest absolute Gasteiger partial charge is 0.387 e. The topological polar surface area (TPSA) is 719 Å². The van der Waals surface area contributed by atoms with Gasteiger partial charge in [0.25, 0.3) is 11.1 Å². The third-order valence-corrected chi connectivity index (χ3v) is 30.9. The summed E-state index contributed by atoms with van der Waals surface area (Å²) in [5, 5.41) is 32.4. The Morgan fingerprint density at radius 3 is 1.15 bits per heavy atom. The van der Waals surface area contributed by atoms with E-state index in [1.807, 2.05) is 0 Å². The highest BCUT2D eigenvalue weighted by atomic mass is 35.5. The summed E-state index contributed by atoms with van der Waals surface area (Å²) in [5.41, 5.74) is 16.4. The third-order valence-electron chi connectivity index (χ3n) is 22.9. The molecule has 0 saturated carbocycles. The molecule has 6 unspecified atom stereocenters. The molecule has 738 valence electrons. The largest absolute Gasteiger partial charge is 0.472 e. The van der Waals surface area contributed by atoms with Gasteiger partial charge in [-0.25, -0.2) is 100 Å². The fourth-order valence-corrected chi connectivity index (χ4v) is 24.0. The van der Waals surface area contributed by atoms with E-state index in [2.05, 4.69) is 72.1 Å². The molecule has 56 nitrogen and oxygen atoms in total. The number of alkyl halides is 3. The molecule has 11 aromatic heterocycles. The molecule has 0 spiro atoms. The number of carbonyl (C=O) groups excluding carboxylic acids is 1. The van der Waals surface area contributed by atoms with Crippen molar-refractivity contribution in [1.82, 2.24) is 91.4 Å². The van der Waals surface area contributed by atoms with Gasteiger partial charge >= 0.3 is 43.7 Å². The second-order valence-corrected chi connectivity index (χ2v) is 44.5. The lowest BCUT2D eigenvalue weighted by atomic mass is 10.1. The Hall–Kier alpha value is -8.02. The van der Waals surface area contributed by atoms with Crippen LogP contribution in [0.2, 0.25) is 5.02 Å². The van der Waals surface area contributed by atoms with E-state index >= 15 is 13.2 Å². The van der Waals surface area contributed by atoms with Crippen molar-refractivity contribution in [2.24, 2.45) is 19.1 Å².